The Kier molecular flexibility index (Phi) is 7.26. The van der Waals surface area contributed by atoms with Crippen molar-refractivity contribution in [1.29, 1.82) is 0 Å². The number of carbonyl (C=O) groups is 1. The van der Waals surface area contributed by atoms with Gasteiger partial charge in [-0.15, -0.1) is 0 Å². The molecule has 0 bridgehead atoms. The molecule has 1 fully saturated rings. The Bertz CT molecular complexity index is 1580. The number of anilines is 1. The third-order valence-electron chi connectivity index (χ3n) is 6.29. The van der Waals surface area contributed by atoms with Crippen molar-refractivity contribution in [2.75, 3.05) is 37.9 Å². The summed E-state index contributed by atoms with van der Waals surface area (Å²) in [4.78, 5) is 20.1. The van der Waals surface area contributed by atoms with E-state index >= 15 is 0 Å². The SMILES string of the molecule is CS(=O)(=O)c1ccc(C(=O)Nc2cccc(-c3ccc4cc(CN5CCOCC5)ccc4n3)c2)c(Cl)c1. The van der Waals surface area contributed by atoms with Gasteiger partial charge in [-0.05, 0) is 54.1 Å². The highest BCUT2D eigenvalue weighted by atomic mass is 35.5. The van der Waals surface area contributed by atoms with E-state index in [-0.39, 0.29) is 15.5 Å². The van der Waals surface area contributed by atoms with Crippen LogP contribution in [-0.4, -0.2) is 56.8 Å². The molecule has 190 valence electrons. The number of hydrogen-bond donors (Lipinski definition) is 1. The van der Waals surface area contributed by atoms with E-state index in [4.69, 9.17) is 21.3 Å². The van der Waals surface area contributed by atoms with Gasteiger partial charge in [0.2, 0.25) is 0 Å². The van der Waals surface area contributed by atoms with Gasteiger partial charge in [-0.2, -0.15) is 0 Å². The number of pyridine rings is 1. The maximum absolute atomic E-state index is 12.8. The van der Waals surface area contributed by atoms with Crippen LogP contribution in [0.2, 0.25) is 5.02 Å². The van der Waals surface area contributed by atoms with Crippen LogP contribution in [0, 0.1) is 0 Å². The van der Waals surface area contributed by atoms with Crippen molar-refractivity contribution in [2.24, 2.45) is 0 Å². The van der Waals surface area contributed by atoms with Gasteiger partial charge in [0.1, 0.15) is 0 Å². The Labute approximate surface area is 221 Å². The molecular weight excluding hydrogens is 510 g/mol. The van der Waals surface area contributed by atoms with Crippen LogP contribution in [-0.2, 0) is 21.1 Å². The van der Waals surface area contributed by atoms with Gasteiger partial charge in [0, 0.05) is 42.5 Å². The lowest BCUT2D eigenvalue weighted by Gasteiger charge is -2.26. The van der Waals surface area contributed by atoms with Crippen molar-refractivity contribution in [1.82, 2.24) is 9.88 Å². The minimum absolute atomic E-state index is 0.0617. The molecule has 1 aliphatic heterocycles. The van der Waals surface area contributed by atoms with Crippen LogP contribution >= 0.6 is 11.6 Å². The number of amides is 1. The number of nitrogens with one attached hydrogen (secondary N) is 1. The monoisotopic (exact) mass is 535 g/mol. The van der Waals surface area contributed by atoms with E-state index in [1.54, 1.807) is 6.07 Å². The summed E-state index contributed by atoms with van der Waals surface area (Å²) in [6.07, 6.45) is 1.09. The van der Waals surface area contributed by atoms with E-state index in [0.717, 1.165) is 61.3 Å². The summed E-state index contributed by atoms with van der Waals surface area (Å²) >= 11 is 6.20. The molecular formula is C28H26ClN3O4S. The summed E-state index contributed by atoms with van der Waals surface area (Å²) in [5.41, 5.74) is 4.56. The van der Waals surface area contributed by atoms with Crippen molar-refractivity contribution >= 4 is 43.9 Å². The van der Waals surface area contributed by atoms with E-state index in [2.05, 4.69) is 28.4 Å². The molecule has 3 aromatic carbocycles. The number of hydrogen-bond acceptors (Lipinski definition) is 6. The molecule has 0 saturated carbocycles. The van der Waals surface area contributed by atoms with E-state index in [0.29, 0.717) is 5.69 Å². The zero-order valence-corrected chi connectivity index (χ0v) is 21.8. The number of halogens is 1. The maximum atomic E-state index is 12.8. The van der Waals surface area contributed by atoms with Gasteiger partial charge in [-0.3, -0.25) is 9.69 Å². The average Bonchev–Trinajstić information content (AvgIpc) is 2.88. The molecule has 1 amide bonds. The van der Waals surface area contributed by atoms with Gasteiger partial charge in [0.25, 0.3) is 5.91 Å². The number of carbonyl (C=O) groups excluding carboxylic acids is 1. The zero-order valence-electron chi connectivity index (χ0n) is 20.3. The quantitative estimate of drug-likeness (QED) is 0.372. The summed E-state index contributed by atoms with van der Waals surface area (Å²) in [5, 5.41) is 3.98. The lowest BCUT2D eigenvalue weighted by atomic mass is 10.1. The van der Waals surface area contributed by atoms with Crippen molar-refractivity contribution in [3.8, 4) is 11.3 Å². The normalized spacial score (nSPS) is 14.5. The van der Waals surface area contributed by atoms with Crippen molar-refractivity contribution in [2.45, 2.75) is 11.4 Å². The number of rotatable bonds is 6. The first-order valence-corrected chi connectivity index (χ1v) is 14.1. The summed E-state index contributed by atoms with van der Waals surface area (Å²) in [6, 6.07) is 21.8. The molecule has 0 spiro atoms. The molecule has 7 nitrogen and oxygen atoms in total. The molecule has 37 heavy (non-hydrogen) atoms. The first-order chi connectivity index (χ1) is 17.8. The van der Waals surface area contributed by atoms with Crippen LogP contribution in [0.4, 0.5) is 5.69 Å². The smallest absolute Gasteiger partial charge is 0.257 e. The van der Waals surface area contributed by atoms with E-state index in [1.165, 1.54) is 23.8 Å². The topological polar surface area (TPSA) is 88.6 Å². The highest BCUT2D eigenvalue weighted by molar-refractivity contribution is 7.90. The maximum Gasteiger partial charge on any atom is 0.257 e. The van der Waals surface area contributed by atoms with Crippen molar-refractivity contribution < 1.29 is 17.9 Å². The summed E-state index contributed by atoms with van der Waals surface area (Å²) in [7, 11) is -3.42. The number of nitrogens with zero attached hydrogens (tertiary/aromatic N) is 2. The van der Waals surface area contributed by atoms with Gasteiger partial charge in [-0.25, -0.2) is 13.4 Å². The first-order valence-electron chi connectivity index (χ1n) is 11.9. The molecule has 0 atom stereocenters. The minimum Gasteiger partial charge on any atom is -0.379 e. The molecule has 4 aromatic rings. The second-order valence-electron chi connectivity index (χ2n) is 9.06. The number of aromatic nitrogens is 1. The van der Waals surface area contributed by atoms with Crippen LogP contribution in [0.15, 0.2) is 77.7 Å². The Balaban J connectivity index is 1.33. The minimum atomic E-state index is -3.42. The van der Waals surface area contributed by atoms with Gasteiger partial charge in [0.15, 0.2) is 9.84 Å². The molecule has 1 N–H and O–H groups in total. The summed E-state index contributed by atoms with van der Waals surface area (Å²) in [5.74, 6) is -0.429. The number of fused-ring (bicyclic) bond motifs is 1. The third kappa shape index (κ3) is 5.99. The standard InChI is InChI=1S/C28H26ClN3O4S/c1-37(34,35)23-7-8-24(25(29)17-23)28(33)30-22-4-2-3-20(16-22)27-10-6-21-15-19(5-9-26(21)31-27)18-32-11-13-36-14-12-32/h2-10,15-17H,11-14,18H2,1H3,(H,30,33). The number of benzene rings is 3. The molecule has 9 heteroatoms. The van der Waals surface area contributed by atoms with Crippen molar-refractivity contribution in [3.63, 3.8) is 0 Å². The predicted molar refractivity (Wildman–Crippen MR) is 146 cm³/mol. The first kappa shape index (κ1) is 25.4. The third-order valence-corrected chi connectivity index (χ3v) is 7.72. The van der Waals surface area contributed by atoms with E-state index < -0.39 is 15.7 Å². The fraction of sp³-hybridized carbons (Fsp3) is 0.214. The second-order valence-corrected chi connectivity index (χ2v) is 11.5. The van der Waals surface area contributed by atoms with Gasteiger partial charge >= 0.3 is 0 Å². The average molecular weight is 536 g/mol. The van der Waals surface area contributed by atoms with Crippen LogP contribution in [0.25, 0.3) is 22.2 Å². The summed E-state index contributed by atoms with van der Waals surface area (Å²) < 4.78 is 28.9. The fourth-order valence-electron chi connectivity index (χ4n) is 4.32. The van der Waals surface area contributed by atoms with Crippen LogP contribution in [0.5, 0.6) is 0 Å². The number of sulfone groups is 1. The van der Waals surface area contributed by atoms with Gasteiger partial charge < -0.3 is 10.1 Å². The molecule has 1 aliphatic rings. The lowest BCUT2D eigenvalue weighted by Crippen LogP contribution is -2.35. The van der Waals surface area contributed by atoms with Crippen LogP contribution in [0.3, 0.4) is 0 Å². The van der Waals surface area contributed by atoms with Gasteiger partial charge in [0.05, 0.1) is 39.9 Å². The molecule has 1 saturated heterocycles. The number of morpholine rings is 1. The van der Waals surface area contributed by atoms with Crippen LogP contribution in [0.1, 0.15) is 15.9 Å². The summed E-state index contributed by atoms with van der Waals surface area (Å²) in [6.45, 7) is 4.34. The Morgan fingerprint density at radius 2 is 1.84 bits per heavy atom. The van der Waals surface area contributed by atoms with E-state index in [1.807, 2.05) is 30.3 Å². The fourth-order valence-corrected chi connectivity index (χ4v) is 5.30. The Hall–Kier alpha value is -3.30. The Morgan fingerprint density at radius 1 is 1.03 bits per heavy atom. The van der Waals surface area contributed by atoms with E-state index in [9.17, 15) is 13.2 Å². The molecule has 0 unspecified atom stereocenters. The molecule has 1 aromatic heterocycles. The molecule has 2 heterocycles. The lowest BCUT2D eigenvalue weighted by molar-refractivity contribution is 0.0342. The largest absolute Gasteiger partial charge is 0.379 e. The predicted octanol–water partition coefficient (Wildman–Crippen LogP) is 5.04. The molecule has 5 rings (SSSR count). The van der Waals surface area contributed by atoms with Crippen LogP contribution < -0.4 is 5.32 Å². The highest BCUT2D eigenvalue weighted by Crippen LogP contribution is 2.26. The Morgan fingerprint density at radius 3 is 2.59 bits per heavy atom. The molecule has 0 radical (unpaired) electrons. The second kappa shape index (κ2) is 10.6. The van der Waals surface area contributed by atoms with Crippen molar-refractivity contribution in [3.05, 3.63) is 88.9 Å². The molecule has 0 aliphatic carbocycles. The zero-order chi connectivity index (χ0) is 26.0. The highest BCUT2D eigenvalue weighted by Gasteiger charge is 2.16. The number of ether oxygens (including phenoxy) is 1. The van der Waals surface area contributed by atoms with Gasteiger partial charge in [-0.1, -0.05) is 35.9 Å².